The van der Waals surface area contributed by atoms with Gasteiger partial charge in [-0.1, -0.05) is 15.9 Å². The summed E-state index contributed by atoms with van der Waals surface area (Å²) in [7, 11) is -1.83. The van der Waals surface area contributed by atoms with Gasteiger partial charge in [-0.2, -0.15) is 4.31 Å². The standard InChI is InChI=1S/C13H19BrN2O2S/c1-9-7-11(5-6-12(9)14)19(17,18)16(2)13(8-15)10-3-4-10/h5-7,10,13H,3-4,8,15H2,1-2H3. The molecule has 0 amide bonds. The van der Waals surface area contributed by atoms with Crippen LogP contribution in [0.1, 0.15) is 18.4 Å². The van der Waals surface area contributed by atoms with Gasteiger partial charge < -0.3 is 5.73 Å². The molecule has 0 aliphatic heterocycles. The number of hydrogen-bond acceptors (Lipinski definition) is 3. The van der Waals surface area contributed by atoms with Crippen molar-refractivity contribution in [1.29, 1.82) is 0 Å². The molecule has 1 aromatic rings. The molecule has 19 heavy (non-hydrogen) atoms. The fourth-order valence-electron chi connectivity index (χ4n) is 2.24. The predicted octanol–water partition coefficient (Wildman–Crippen LogP) is 2.12. The highest BCUT2D eigenvalue weighted by Gasteiger charge is 2.38. The van der Waals surface area contributed by atoms with E-state index >= 15 is 0 Å². The van der Waals surface area contributed by atoms with Gasteiger partial charge in [0.15, 0.2) is 0 Å². The minimum absolute atomic E-state index is 0.0889. The minimum atomic E-state index is -3.46. The van der Waals surface area contributed by atoms with E-state index in [1.54, 1.807) is 25.2 Å². The van der Waals surface area contributed by atoms with E-state index in [9.17, 15) is 8.42 Å². The highest BCUT2D eigenvalue weighted by atomic mass is 79.9. The molecule has 1 atom stereocenters. The molecule has 1 aliphatic carbocycles. The van der Waals surface area contributed by atoms with E-state index in [-0.39, 0.29) is 6.04 Å². The Morgan fingerprint density at radius 2 is 2.11 bits per heavy atom. The first-order chi connectivity index (χ1) is 8.87. The second-order valence-corrected chi connectivity index (χ2v) is 7.92. The number of nitrogens with two attached hydrogens (primary N) is 1. The molecule has 0 radical (unpaired) electrons. The number of benzene rings is 1. The van der Waals surface area contributed by atoms with E-state index in [1.807, 2.05) is 6.92 Å². The third-order valence-corrected chi connectivity index (χ3v) is 6.45. The molecular weight excluding hydrogens is 328 g/mol. The third kappa shape index (κ3) is 3.02. The van der Waals surface area contributed by atoms with Gasteiger partial charge in [0.2, 0.25) is 10.0 Å². The van der Waals surface area contributed by atoms with Gasteiger partial charge in [0, 0.05) is 24.1 Å². The van der Waals surface area contributed by atoms with Gasteiger partial charge in [-0.15, -0.1) is 0 Å². The zero-order valence-corrected chi connectivity index (χ0v) is 13.5. The first-order valence-electron chi connectivity index (χ1n) is 6.32. The first kappa shape index (κ1) is 15.0. The van der Waals surface area contributed by atoms with Crippen molar-refractivity contribution in [2.45, 2.75) is 30.7 Å². The van der Waals surface area contributed by atoms with Crippen LogP contribution in [-0.2, 0) is 10.0 Å². The SMILES string of the molecule is Cc1cc(S(=O)(=O)N(C)C(CN)C2CC2)ccc1Br. The molecule has 1 aliphatic rings. The van der Waals surface area contributed by atoms with E-state index in [0.29, 0.717) is 17.4 Å². The Morgan fingerprint density at radius 1 is 1.47 bits per heavy atom. The number of halogens is 1. The van der Waals surface area contributed by atoms with Gasteiger partial charge in [-0.3, -0.25) is 0 Å². The second-order valence-electron chi connectivity index (χ2n) is 5.07. The molecule has 0 saturated heterocycles. The van der Waals surface area contributed by atoms with Crippen molar-refractivity contribution in [3.63, 3.8) is 0 Å². The number of sulfonamides is 1. The van der Waals surface area contributed by atoms with E-state index in [0.717, 1.165) is 22.9 Å². The fraction of sp³-hybridized carbons (Fsp3) is 0.538. The van der Waals surface area contributed by atoms with E-state index in [2.05, 4.69) is 15.9 Å². The maximum absolute atomic E-state index is 12.6. The number of hydrogen-bond donors (Lipinski definition) is 1. The summed E-state index contributed by atoms with van der Waals surface area (Å²) < 4.78 is 27.5. The van der Waals surface area contributed by atoms with Crippen LogP contribution >= 0.6 is 15.9 Å². The van der Waals surface area contributed by atoms with Crippen LogP contribution in [-0.4, -0.2) is 32.4 Å². The van der Waals surface area contributed by atoms with E-state index < -0.39 is 10.0 Å². The molecule has 6 heteroatoms. The lowest BCUT2D eigenvalue weighted by molar-refractivity contribution is 0.340. The fourth-order valence-corrected chi connectivity index (χ4v) is 4.00. The summed E-state index contributed by atoms with van der Waals surface area (Å²) >= 11 is 3.38. The first-order valence-corrected chi connectivity index (χ1v) is 8.55. The lowest BCUT2D eigenvalue weighted by Crippen LogP contribution is -2.43. The maximum atomic E-state index is 12.6. The Labute approximate surface area is 123 Å². The van der Waals surface area contributed by atoms with Gasteiger partial charge in [-0.25, -0.2) is 8.42 Å². The third-order valence-electron chi connectivity index (χ3n) is 3.68. The lowest BCUT2D eigenvalue weighted by atomic mass is 10.2. The summed E-state index contributed by atoms with van der Waals surface area (Å²) in [5.74, 6) is 0.418. The van der Waals surface area contributed by atoms with E-state index in [1.165, 1.54) is 4.31 Å². The van der Waals surface area contributed by atoms with Gasteiger partial charge in [0.25, 0.3) is 0 Å². The highest BCUT2D eigenvalue weighted by molar-refractivity contribution is 9.10. The smallest absolute Gasteiger partial charge is 0.243 e. The van der Waals surface area contributed by atoms with Crippen molar-refractivity contribution in [2.75, 3.05) is 13.6 Å². The average molecular weight is 347 g/mol. The maximum Gasteiger partial charge on any atom is 0.243 e. The lowest BCUT2D eigenvalue weighted by Gasteiger charge is -2.26. The summed E-state index contributed by atoms with van der Waals surface area (Å²) in [6, 6.07) is 5.00. The number of nitrogens with zero attached hydrogens (tertiary/aromatic N) is 1. The van der Waals surface area contributed by atoms with Gasteiger partial charge in [0.1, 0.15) is 0 Å². The second kappa shape index (κ2) is 5.52. The van der Waals surface area contributed by atoms with Crippen LogP contribution < -0.4 is 5.73 Å². The molecule has 1 unspecified atom stereocenters. The molecule has 4 nitrogen and oxygen atoms in total. The van der Waals surface area contributed by atoms with Gasteiger partial charge >= 0.3 is 0 Å². The van der Waals surface area contributed by atoms with Gasteiger partial charge in [-0.05, 0) is 49.4 Å². The van der Waals surface area contributed by atoms with Crippen LogP contribution in [0.5, 0.6) is 0 Å². The largest absolute Gasteiger partial charge is 0.329 e. The van der Waals surface area contributed by atoms with Crippen LogP contribution in [0, 0.1) is 12.8 Å². The Balaban J connectivity index is 2.32. The molecule has 1 fully saturated rings. The van der Waals surface area contributed by atoms with Crippen molar-refractivity contribution < 1.29 is 8.42 Å². The Bertz CT molecular complexity index is 570. The topological polar surface area (TPSA) is 63.4 Å². The molecular formula is C13H19BrN2O2S. The predicted molar refractivity (Wildman–Crippen MR) is 79.4 cm³/mol. The monoisotopic (exact) mass is 346 g/mol. The Kier molecular flexibility index (Phi) is 4.35. The molecule has 2 N–H and O–H groups in total. The van der Waals surface area contributed by atoms with Crippen LogP contribution in [0.4, 0.5) is 0 Å². The molecule has 0 aromatic heterocycles. The van der Waals surface area contributed by atoms with Crippen molar-refractivity contribution in [1.82, 2.24) is 4.31 Å². The molecule has 0 bridgehead atoms. The number of aryl methyl sites for hydroxylation is 1. The highest BCUT2D eigenvalue weighted by Crippen LogP contribution is 2.36. The van der Waals surface area contributed by atoms with Crippen molar-refractivity contribution in [2.24, 2.45) is 11.7 Å². The summed E-state index contributed by atoms with van der Waals surface area (Å²) in [5.41, 5.74) is 6.64. The zero-order chi connectivity index (χ0) is 14.2. The molecule has 0 heterocycles. The normalized spacial score (nSPS) is 17.7. The van der Waals surface area contributed by atoms with Crippen LogP contribution in [0.25, 0.3) is 0 Å². The molecule has 0 spiro atoms. The minimum Gasteiger partial charge on any atom is -0.329 e. The Hall–Kier alpha value is -0.430. The average Bonchev–Trinajstić information content (AvgIpc) is 3.17. The summed E-state index contributed by atoms with van der Waals surface area (Å²) in [5, 5.41) is 0. The zero-order valence-electron chi connectivity index (χ0n) is 11.1. The van der Waals surface area contributed by atoms with Crippen molar-refractivity contribution >= 4 is 26.0 Å². The van der Waals surface area contributed by atoms with Crippen LogP contribution in [0.3, 0.4) is 0 Å². The molecule has 1 saturated carbocycles. The van der Waals surface area contributed by atoms with Crippen molar-refractivity contribution in [3.8, 4) is 0 Å². The number of likely N-dealkylation sites (N-methyl/N-ethyl adjacent to an activating group) is 1. The van der Waals surface area contributed by atoms with Crippen molar-refractivity contribution in [3.05, 3.63) is 28.2 Å². The quantitative estimate of drug-likeness (QED) is 0.887. The molecule has 1 aromatic carbocycles. The van der Waals surface area contributed by atoms with Gasteiger partial charge in [0.05, 0.1) is 4.90 Å². The number of rotatable bonds is 5. The van der Waals surface area contributed by atoms with Crippen LogP contribution in [0.2, 0.25) is 0 Å². The summed E-state index contributed by atoms with van der Waals surface area (Å²) in [6.07, 6.45) is 2.14. The van der Waals surface area contributed by atoms with Crippen LogP contribution in [0.15, 0.2) is 27.6 Å². The molecule has 106 valence electrons. The summed E-state index contributed by atoms with van der Waals surface area (Å²) in [6.45, 7) is 2.25. The summed E-state index contributed by atoms with van der Waals surface area (Å²) in [4.78, 5) is 0.329. The Morgan fingerprint density at radius 3 is 2.58 bits per heavy atom. The van der Waals surface area contributed by atoms with E-state index in [4.69, 9.17) is 5.73 Å². The molecule has 2 rings (SSSR count).